The third-order valence-corrected chi connectivity index (χ3v) is 4.98. The van der Waals surface area contributed by atoms with E-state index in [1.54, 1.807) is 11.3 Å². The lowest BCUT2D eigenvalue weighted by molar-refractivity contribution is 0.498. The van der Waals surface area contributed by atoms with Gasteiger partial charge in [-0.1, -0.05) is 28.9 Å². The third kappa shape index (κ3) is 3.22. The molecule has 13 heavy (non-hydrogen) atoms. The number of hydrogen-bond acceptors (Lipinski definition) is 1. The number of allylic oxidation sites excluding steroid dienone is 1. The predicted octanol–water partition coefficient (Wildman–Crippen LogP) is 4.64. The predicted molar refractivity (Wildman–Crippen MR) is 67.8 cm³/mol. The quantitative estimate of drug-likeness (QED) is 0.559. The van der Waals surface area contributed by atoms with E-state index in [-0.39, 0.29) is 5.41 Å². The van der Waals surface area contributed by atoms with Crippen LogP contribution < -0.4 is 0 Å². The van der Waals surface area contributed by atoms with E-state index in [1.807, 2.05) is 6.08 Å². The maximum atomic E-state index is 3.87. The molecule has 0 aliphatic carbocycles. The Labute approximate surface area is 100 Å². The second kappa shape index (κ2) is 4.76. The topological polar surface area (TPSA) is 0 Å². The lowest BCUT2D eigenvalue weighted by Crippen LogP contribution is -2.17. The van der Waals surface area contributed by atoms with Gasteiger partial charge < -0.3 is 0 Å². The Morgan fingerprint density at radius 3 is 2.77 bits per heavy atom. The first-order chi connectivity index (χ1) is 6.09. The van der Waals surface area contributed by atoms with Gasteiger partial charge in [-0.3, -0.25) is 0 Å². The molecular weight excluding hydrogens is 312 g/mol. The fraction of sp³-hybridized carbons (Fsp3) is 0.400. The Morgan fingerprint density at radius 1 is 1.69 bits per heavy atom. The first-order valence-electron chi connectivity index (χ1n) is 4.02. The van der Waals surface area contributed by atoms with E-state index in [0.717, 1.165) is 11.8 Å². The van der Waals surface area contributed by atoms with Crippen molar-refractivity contribution in [2.75, 3.05) is 5.33 Å². The minimum Gasteiger partial charge on any atom is -0.148 e. The number of rotatable bonds is 4. The van der Waals surface area contributed by atoms with E-state index in [2.05, 4.69) is 56.8 Å². The molecule has 0 aromatic carbocycles. The second-order valence-electron chi connectivity index (χ2n) is 3.40. The number of halogens is 2. The van der Waals surface area contributed by atoms with Crippen molar-refractivity contribution in [1.82, 2.24) is 0 Å². The molecule has 3 heteroatoms. The van der Waals surface area contributed by atoms with Crippen LogP contribution in [0.5, 0.6) is 0 Å². The molecule has 1 aromatic heterocycles. The standard InChI is InChI=1S/C10H12Br2S/c1-3-10(2,7-11)5-9-4-8(12)6-13-9/h3-4,6H,1,5,7H2,2H3. The van der Waals surface area contributed by atoms with Crippen molar-refractivity contribution in [2.24, 2.45) is 5.41 Å². The van der Waals surface area contributed by atoms with Crippen molar-refractivity contribution in [1.29, 1.82) is 0 Å². The zero-order valence-corrected chi connectivity index (χ0v) is 11.5. The summed E-state index contributed by atoms with van der Waals surface area (Å²) in [5, 5.41) is 3.08. The summed E-state index contributed by atoms with van der Waals surface area (Å²) in [6.07, 6.45) is 3.08. The van der Waals surface area contributed by atoms with Crippen molar-refractivity contribution < 1.29 is 0 Å². The van der Waals surface area contributed by atoms with Gasteiger partial charge in [0.1, 0.15) is 0 Å². The molecule has 1 aromatic rings. The van der Waals surface area contributed by atoms with Crippen molar-refractivity contribution in [3.05, 3.63) is 33.5 Å². The van der Waals surface area contributed by atoms with E-state index >= 15 is 0 Å². The van der Waals surface area contributed by atoms with Gasteiger partial charge in [-0.15, -0.1) is 17.9 Å². The van der Waals surface area contributed by atoms with Crippen LogP contribution in [0.15, 0.2) is 28.6 Å². The van der Waals surface area contributed by atoms with Gasteiger partial charge in [0.2, 0.25) is 0 Å². The van der Waals surface area contributed by atoms with Crippen LogP contribution in [0.1, 0.15) is 11.8 Å². The fourth-order valence-corrected chi connectivity index (χ4v) is 3.09. The third-order valence-electron chi connectivity index (χ3n) is 2.00. The molecule has 0 aliphatic heterocycles. The van der Waals surface area contributed by atoms with E-state index < -0.39 is 0 Å². The summed E-state index contributed by atoms with van der Waals surface area (Å²) in [5.74, 6) is 0. The molecule has 0 nitrogen and oxygen atoms in total. The van der Waals surface area contributed by atoms with Crippen molar-refractivity contribution in [3.63, 3.8) is 0 Å². The van der Waals surface area contributed by atoms with Crippen LogP contribution in [0.25, 0.3) is 0 Å². The van der Waals surface area contributed by atoms with Crippen LogP contribution in [0.4, 0.5) is 0 Å². The van der Waals surface area contributed by atoms with Gasteiger partial charge in [-0.05, 0) is 33.8 Å². The lowest BCUT2D eigenvalue weighted by Gasteiger charge is -2.21. The molecule has 0 aliphatic rings. The van der Waals surface area contributed by atoms with Crippen LogP contribution in [0.3, 0.4) is 0 Å². The number of alkyl halides is 1. The Hall–Kier alpha value is 0.400. The summed E-state index contributed by atoms with van der Waals surface area (Å²) < 4.78 is 1.17. The van der Waals surface area contributed by atoms with Crippen LogP contribution in [0, 0.1) is 5.41 Å². The molecule has 1 unspecified atom stereocenters. The highest BCUT2D eigenvalue weighted by Gasteiger charge is 2.19. The highest BCUT2D eigenvalue weighted by molar-refractivity contribution is 9.10. The molecular formula is C10H12Br2S. The highest BCUT2D eigenvalue weighted by atomic mass is 79.9. The fourth-order valence-electron chi connectivity index (χ4n) is 1.02. The first kappa shape index (κ1) is 11.5. The lowest BCUT2D eigenvalue weighted by atomic mass is 9.89. The zero-order valence-electron chi connectivity index (χ0n) is 7.52. The van der Waals surface area contributed by atoms with Crippen molar-refractivity contribution in [2.45, 2.75) is 13.3 Å². The Balaban J connectivity index is 2.72. The SMILES string of the molecule is C=CC(C)(CBr)Cc1cc(Br)cs1. The summed E-state index contributed by atoms with van der Waals surface area (Å²) >= 11 is 8.77. The first-order valence-corrected chi connectivity index (χ1v) is 6.81. The molecule has 72 valence electrons. The Kier molecular flexibility index (Phi) is 4.20. The van der Waals surface area contributed by atoms with E-state index in [9.17, 15) is 0 Å². The van der Waals surface area contributed by atoms with E-state index in [4.69, 9.17) is 0 Å². The average molecular weight is 324 g/mol. The van der Waals surface area contributed by atoms with Crippen LogP contribution in [-0.2, 0) is 6.42 Å². The molecule has 0 radical (unpaired) electrons. The number of hydrogen-bond donors (Lipinski definition) is 0. The molecule has 0 N–H and O–H groups in total. The summed E-state index contributed by atoms with van der Waals surface area (Å²) in [4.78, 5) is 1.40. The zero-order chi connectivity index (χ0) is 9.90. The molecule has 0 bridgehead atoms. The van der Waals surface area contributed by atoms with Crippen molar-refractivity contribution in [3.8, 4) is 0 Å². The van der Waals surface area contributed by atoms with Gasteiger partial charge >= 0.3 is 0 Å². The van der Waals surface area contributed by atoms with Gasteiger partial charge in [0.15, 0.2) is 0 Å². The summed E-state index contributed by atoms with van der Waals surface area (Å²) in [6, 6.07) is 2.18. The largest absolute Gasteiger partial charge is 0.148 e. The Morgan fingerprint density at radius 2 is 2.38 bits per heavy atom. The van der Waals surface area contributed by atoms with Crippen LogP contribution in [0.2, 0.25) is 0 Å². The molecule has 1 rings (SSSR count). The molecule has 0 fully saturated rings. The normalized spacial score (nSPS) is 15.3. The average Bonchev–Trinajstić information content (AvgIpc) is 2.51. The summed E-state index contributed by atoms with van der Waals surface area (Å²) in [5.41, 5.74) is 0.171. The summed E-state index contributed by atoms with van der Waals surface area (Å²) in [6.45, 7) is 6.08. The maximum Gasteiger partial charge on any atom is 0.0285 e. The smallest absolute Gasteiger partial charge is 0.0285 e. The summed E-state index contributed by atoms with van der Waals surface area (Å²) in [7, 11) is 0. The van der Waals surface area contributed by atoms with Gasteiger partial charge in [-0.2, -0.15) is 0 Å². The van der Waals surface area contributed by atoms with Crippen molar-refractivity contribution >= 4 is 43.2 Å². The second-order valence-corrected chi connectivity index (χ2v) is 5.87. The minimum atomic E-state index is 0.171. The van der Waals surface area contributed by atoms with E-state index in [1.165, 1.54) is 9.35 Å². The Bertz CT molecular complexity index is 293. The van der Waals surface area contributed by atoms with Crippen LogP contribution in [-0.4, -0.2) is 5.33 Å². The molecule has 0 spiro atoms. The molecule has 0 amide bonds. The monoisotopic (exact) mass is 322 g/mol. The minimum absolute atomic E-state index is 0.171. The van der Waals surface area contributed by atoms with Gasteiger partial charge in [0.25, 0.3) is 0 Å². The number of thiophene rings is 1. The maximum absolute atomic E-state index is 3.87. The van der Waals surface area contributed by atoms with E-state index in [0.29, 0.717) is 0 Å². The molecule has 0 saturated carbocycles. The highest BCUT2D eigenvalue weighted by Crippen LogP contribution is 2.30. The van der Waals surface area contributed by atoms with Gasteiger partial charge in [0.05, 0.1) is 0 Å². The molecule has 0 saturated heterocycles. The van der Waals surface area contributed by atoms with Gasteiger partial charge in [-0.25, -0.2) is 0 Å². The van der Waals surface area contributed by atoms with Crippen LogP contribution >= 0.6 is 43.2 Å². The van der Waals surface area contributed by atoms with Gasteiger partial charge in [0, 0.05) is 20.1 Å². The molecule has 1 heterocycles. The molecule has 1 atom stereocenters.